The van der Waals surface area contributed by atoms with Crippen molar-refractivity contribution in [2.45, 2.75) is 56.3 Å². The van der Waals surface area contributed by atoms with Gasteiger partial charge in [-0.05, 0) is 32.2 Å². The molecule has 0 spiro atoms. The Morgan fingerprint density at radius 3 is 2.34 bits per heavy atom. The predicted molar refractivity (Wildman–Crippen MR) is 105 cm³/mol. The summed E-state index contributed by atoms with van der Waals surface area (Å²) in [6.07, 6.45) is 1.91. The molecule has 29 heavy (non-hydrogen) atoms. The number of amides is 4. The third kappa shape index (κ3) is 6.07. The number of carbonyl (C=O) groups excluding carboxylic acids is 4. The highest BCUT2D eigenvalue weighted by Gasteiger charge is 2.39. The minimum absolute atomic E-state index is 0.0571. The number of rotatable bonds is 9. The minimum atomic E-state index is -1.47. The number of carbonyl (C=O) groups is 5. The topological polar surface area (TPSA) is 171 Å². The first-order valence-electron chi connectivity index (χ1n) is 9.51. The number of thiol groups is 1. The van der Waals surface area contributed by atoms with Gasteiger partial charge in [-0.25, -0.2) is 4.79 Å². The molecule has 2 fully saturated rings. The largest absolute Gasteiger partial charge is 0.480 e. The van der Waals surface area contributed by atoms with Crippen molar-refractivity contribution in [1.82, 2.24) is 20.9 Å². The van der Waals surface area contributed by atoms with E-state index in [1.54, 1.807) is 0 Å². The van der Waals surface area contributed by atoms with Crippen LogP contribution in [0.2, 0.25) is 0 Å². The molecule has 0 aromatic rings. The average molecular weight is 429 g/mol. The Hall–Kier alpha value is -2.34. The van der Waals surface area contributed by atoms with Gasteiger partial charge in [-0.1, -0.05) is 0 Å². The number of hydrogen-bond donors (Lipinski definition) is 6. The first kappa shape index (κ1) is 22.9. The number of carboxylic acid groups (broad SMARTS) is 1. The van der Waals surface area contributed by atoms with Crippen molar-refractivity contribution in [1.29, 1.82) is 0 Å². The monoisotopic (exact) mass is 429 g/mol. The highest BCUT2D eigenvalue weighted by Crippen LogP contribution is 2.19. The molecule has 11 nitrogen and oxygen atoms in total. The lowest BCUT2D eigenvalue weighted by Crippen LogP contribution is -2.57. The first-order chi connectivity index (χ1) is 13.7. The normalized spacial score (nSPS) is 23.3. The van der Waals surface area contributed by atoms with Crippen LogP contribution in [0, 0.1) is 0 Å². The zero-order valence-electron chi connectivity index (χ0n) is 15.9. The van der Waals surface area contributed by atoms with Crippen LogP contribution < -0.4 is 21.7 Å². The fraction of sp³-hybridized carbons (Fsp3) is 0.706. The molecule has 0 saturated carbocycles. The molecule has 2 heterocycles. The fourth-order valence-electron chi connectivity index (χ4n) is 3.54. The van der Waals surface area contributed by atoms with Gasteiger partial charge in [-0.3, -0.25) is 19.2 Å². The zero-order valence-corrected chi connectivity index (χ0v) is 16.8. The molecule has 162 valence electrons. The second-order valence-electron chi connectivity index (χ2n) is 7.15. The summed E-state index contributed by atoms with van der Waals surface area (Å²) in [4.78, 5) is 61.4. The van der Waals surface area contributed by atoms with E-state index in [4.69, 9.17) is 10.8 Å². The van der Waals surface area contributed by atoms with Crippen molar-refractivity contribution < 1.29 is 29.1 Å². The molecule has 0 aromatic heterocycles. The third-order valence-electron chi connectivity index (χ3n) is 5.03. The number of primary amides is 1. The van der Waals surface area contributed by atoms with Crippen molar-refractivity contribution in [3.8, 4) is 0 Å². The van der Waals surface area contributed by atoms with E-state index in [2.05, 4.69) is 28.6 Å². The molecule has 12 heteroatoms. The van der Waals surface area contributed by atoms with E-state index >= 15 is 0 Å². The van der Waals surface area contributed by atoms with Gasteiger partial charge in [0.05, 0.1) is 12.5 Å². The van der Waals surface area contributed by atoms with Gasteiger partial charge in [0, 0.05) is 12.3 Å². The van der Waals surface area contributed by atoms with Crippen molar-refractivity contribution in [3.63, 3.8) is 0 Å². The van der Waals surface area contributed by atoms with E-state index in [-0.39, 0.29) is 17.7 Å². The molecule has 6 N–H and O–H groups in total. The lowest BCUT2D eigenvalue weighted by Gasteiger charge is -2.29. The maximum atomic E-state index is 12.9. The van der Waals surface area contributed by atoms with E-state index in [1.807, 2.05) is 0 Å². The summed E-state index contributed by atoms with van der Waals surface area (Å²) in [5.74, 6) is -3.62. The highest BCUT2D eigenvalue weighted by atomic mass is 32.1. The van der Waals surface area contributed by atoms with Gasteiger partial charge in [-0.2, -0.15) is 12.6 Å². The van der Waals surface area contributed by atoms with Crippen LogP contribution >= 0.6 is 12.6 Å². The predicted octanol–water partition coefficient (Wildman–Crippen LogP) is -2.41. The second kappa shape index (κ2) is 10.4. The van der Waals surface area contributed by atoms with E-state index in [1.165, 1.54) is 4.90 Å². The number of likely N-dealkylation sites (tertiary alicyclic amines) is 1. The highest BCUT2D eigenvalue weighted by molar-refractivity contribution is 7.80. The van der Waals surface area contributed by atoms with Crippen molar-refractivity contribution in [3.05, 3.63) is 0 Å². The summed E-state index contributed by atoms with van der Waals surface area (Å²) in [6, 6.07) is -3.61. The average Bonchev–Trinajstić information content (AvgIpc) is 3.36. The first-order valence-corrected chi connectivity index (χ1v) is 10.1. The van der Waals surface area contributed by atoms with E-state index in [9.17, 15) is 24.0 Å². The molecule has 2 aliphatic heterocycles. The Balaban J connectivity index is 2.02. The van der Waals surface area contributed by atoms with Crippen LogP contribution in [0.25, 0.3) is 0 Å². The molecule has 0 aromatic carbocycles. The summed E-state index contributed by atoms with van der Waals surface area (Å²) >= 11 is 4.15. The van der Waals surface area contributed by atoms with Gasteiger partial charge in [0.25, 0.3) is 0 Å². The van der Waals surface area contributed by atoms with Gasteiger partial charge in [0.2, 0.25) is 23.6 Å². The molecular formula is C17H27N5O6S. The third-order valence-corrected chi connectivity index (χ3v) is 5.40. The minimum Gasteiger partial charge on any atom is -0.480 e. The summed E-state index contributed by atoms with van der Waals surface area (Å²) in [7, 11) is 0. The van der Waals surface area contributed by atoms with Crippen LogP contribution in [0.1, 0.15) is 32.1 Å². The lowest BCUT2D eigenvalue weighted by molar-refractivity contribution is -0.145. The van der Waals surface area contributed by atoms with E-state index < -0.39 is 48.2 Å². The van der Waals surface area contributed by atoms with Gasteiger partial charge < -0.3 is 31.7 Å². The number of nitrogens with one attached hydrogen (secondary N) is 3. The number of nitrogens with zero attached hydrogens (tertiary/aromatic N) is 1. The van der Waals surface area contributed by atoms with Gasteiger partial charge in [0.1, 0.15) is 18.1 Å². The van der Waals surface area contributed by atoms with Gasteiger partial charge >= 0.3 is 5.97 Å². The Labute approximate surface area is 173 Å². The number of carboxylic acids is 1. The molecule has 4 atom stereocenters. The van der Waals surface area contributed by atoms with Crippen LogP contribution in [0.15, 0.2) is 0 Å². The molecule has 0 radical (unpaired) electrons. The quantitative estimate of drug-likeness (QED) is 0.222. The number of aliphatic carboxylic acids is 1. The summed E-state index contributed by atoms with van der Waals surface area (Å²) < 4.78 is 0. The smallest absolute Gasteiger partial charge is 0.326 e. The van der Waals surface area contributed by atoms with Crippen LogP contribution in [-0.4, -0.2) is 82.6 Å². The maximum Gasteiger partial charge on any atom is 0.326 e. The summed E-state index contributed by atoms with van der Waals surface area (Å²) in [5, 5.41) is 17.1. The fourth-order valence-corrected chi connectivity index (χ4v) is 3.79. The van der Waals surface area contributed by atoms with Crippen LogP contribution in [-0.2, 0) is 24.0 Å². The SMILES string of the molecule is NC(=O)CC(NC(=O)C1CCCN1C(=O)C(CS)NC(=O)C1CCCN1)C(=O)O. The molecule has 2 aliphatic rings. The number of nitrogens with two attached hydrogens (primary N) is 1. The van der Waals surface area contributed by atoms with Crippen molar-refractivity contribution in [2.24, 2.45) is 5.73 Å². The van der Waals surface area contributed by atoms with Crippen LogP contribution in [0.3, 0.4) is 0 Å². The van der Waals surface area contributed by atoms with Gasteiger partial charge in [0.15, 0.2) is 0 Å². The molecule has 4 unspecified atom stereocenters. The Bertz CT molecular complexity index is 669. The standard InChI is InChI=1S/C17H27N5O6S/c18-13(23)7-10(17(27)28)20-15(25)12-4-2-6-22(12)16(26)11(8-29)21-14(24)9-3-1-5-19-9/h9-12,19,29H,1-8H2,(H2,18,23)(H,20,25)(H,21,24)(H,27,28). The van der Waals surface area contributed by atoms with Crippen molar-refractivity contribution in [2.75, 3.05) is 18.8 Å². The molecule has 2 saturated heterocycles. The lowest BCUT2D eigenvalue weighted by atomic mass is 10.1. The molecule has 4 amide bonds. The van der Waals surface area contributed by atoms with Crippen molar-refractivity contribution >= 4 is 42.2 Å². The molecular weight excluding hydrogens is 402 g/mol. The van der Waals surface area contributed by atoms with E-state index in [0.29, 0.717) is 25.8 Å². The molecule has 0 aliphatic carbocycles. The Morgan fingerprint density at radius 1 is 1.10 bits per heavy atom. The van der Waals surface area contributed by atoms with E-state index in [0.717, 1.165) is 13.0 Å². The molecule has 2 rings (SSSR count). The summed E-state index contributed by atoms with van der Waals surface area (Å²) in [5.41, 5.74) is 5.02. The molecule has 0 bridgehead atoms. The van der Waals surface area contributed by atoms with Crippen LogP contribution in [0.4, 0.5) is 0 Å². The number of hydrogen-bond acceptors (Lipinski definition) is 7. The second-order valence-corrected chi connectivity index (χ2v) is 7.52. The summed E-state index contributed by atoms with van der Waals surface area (Å²) in [6.45, 7) is 1.04. The zero-order chi connectivity index (χ0) is 21.6. The Kier molecular flexibility index (Phi) is 8.26. The Morgan fingerprint density at radius 2 is 1.79 bits per heavy atom. The van der Waals surface area contributed by atoms with Gasteiger partial charge in [-0.15, -0.1) is 0 Å². The van der Waals surface area contributed by atoms with Crippen LogP contribution in [0.5, 0.6) is 0 Å². The maximum absolute atomic E-state index is 12.9.